The Morgan fingerprint density at radius 1 is 1.26 bits per heavy atom. The summed E-state index contributed by atoms with van der Waals surface area (Å²) in [6.45, 7) is 0.548. The molecule has 0 fully saturated rings. The number of nitrogens with zero attached hydrogens (tertiary/aromatic N) is 2. The molecule has 0 atom stereocenters. The van der Waals surface area contributed by atoms with E-state index in [1.807, 2.05) is 30.3 Å². The quantitative estimate of drug-likeness (QED) is 0.843. The number of rotatable bonds is 3. The van der Waals surface area contributed by atoms with Crippen LogP contribution in [0.5, 0.6) is 5.75 Å². The van der Waals surface area contributed by atoms with Crippen LogP contribution < -0.4 is 9.64 Å². The van der Waals surface area contributed by atoms with Gasteiger partial charge >= 0.3 is 0 Å². The topological polar surface area (TPSA) is 42.4 Å². The van der Waals surface area contributed by atoms with E-state index in [-0.39, 0.29) is 5.91 Å². The van der Waals surface area contributed by atoms with Gasteiger partial charge in [-0.15, -0.1) is 0 Å². The van der Waals surface area contributed by atoms with Crippen LogP contribution in [0, 0.1) is 0 Å². The van der Waals surface area contributed by atoms with Gasteiger partial charge in [0.1, 0.15) is 11.6 Å². The summed E-state index contributed by atoms with van der Waals surface area (Å²) in [5.74, 6) is 1.51. The molecule has 1 aromatic carbocycles. The Morgan fingerprint density at radius 3 is 2.79 bits per heavy atom. The van der Waals surface area contributed by atoms with Crippen molar-refractivity contribution < 1.29 is 9.53 Å². The molecule has 0 N–H and O–H groups in total. The first-order chi connectivity index (χ1) is 9.29. The molecule has 4 nitrogen and oxygen atoms in total. The number of fused-ring (bicyclic) bond motifs is 1. The van der Waals surface area contributed by atoms with Crippen molar-refractivity contribution in [2.45, 2.75) is 13.0 Å². The van der Waals surface area contributed by atoms with Gasteiger partial charge in [-0.05, 0) is 11.6 Å². The van der Waals surface area contributed by atoms with Crippen molar-refractivity contribution in [1.82, 2.24) is 4.98 Å². The molecule has 2 aromatic rings. The fraction of sp³-hybridized carbons (Fsp3) is 0.200. The Labute approximate surface area is 111 Å². The Kier molecular flexibility index (Phi) is 2.91. The van der Waals surface area contributed by atoms with Crippen LogP contribution in [0.25, 0.3) is 0 Å². The lowest BCUT2D eigenvalue weighted by Gasteiger charge is -2.16. The summed E-state index contributed by atoms with van der Waals surface area (Å²) in [6, 6.07) is 11.7. The highest BCUT2D eigenvalue weighted by molar-refractivity contribution is 6.00. The van der Waals surface area contributed by atoms with Crippen molar-refractivity contribution in [2.24, 2.45) is 0 Å². The molecule has 19 heavy (non-hydrogen) atoms. The second kappa shape index (κ2) is 4.72. The van der Waals surface area contributed by atoms with Gasteiger partial charge in [0.15, 0.2) is 0 Å². The molecule has 0 aliphatic carbocycles. The Bertz CT molecular complexity index is 611. The van der Waals surface area contributed by atoms with E-state index in [0.717, 1.165) is 16.9 Å². The van der Waals surface area contributed by atoms with E-state index in [4.69, 9.17) is 4.74 Å². The largest absolute Gasteiger partial charge is 0.496 e. The number of anilines is 1. The molecule has 96 valence electrons. The highest BCUT2D eigenvalue weighted by Crippen LogP contribution is 2.34. The minimum absolute atomic E-state index is 0.0656. The molecule has 1 aromatic heterocycles. The van der Waals surface area contributed by atoms with E-state index < -0.39 is 0 Å². The smallest absolute Gasteiger partial charge is 0.233 e. The third-order valence-corrected chi connectivity index (χ3v) is 3.28. The van der Waals surface area contributed by atoms with E-state index in [2.05, 4.69) is 4.98 Å². The first kappa shape index (κ1) is 11.7. The van der Waals surface area contributed by atoms with Crippen LogP contribution in [-0.2, 0) is 17.8 Å². The summed E-state index contributed by atoms with van der Waals surface area (Å²) >= 11 is 0. The SMILES string of the molecule is COc1ccnc2c1CC(=O)N2Cc1ccccc1. The predicted octanol–water partition coefficient (Wildman–Crippen LogP) is 2.18. The second-order valence-corrected chi connectivity index (χ2v) is 4.46. The molecule has 0 unspecified atom stereocenters. The molecule has 0 saturated heterocycles. The third-order valence-electron chi connectivity index (χ3n) is 3.28. The van der Waals surface area contributed by atoms with Gasteiger partial charge < -0.3 is 4.74 Å². The molecule has 0 saturated carbocycles. The van der Waals surface area contributed by atoms with E-state index in [1.54, 1.807) is 24.3 Å². The lowest BCUT2D eigenvalue weighted by atomic mass is 10.2. The fourth-order valence-corrected chi connectivity index (χ4v) is 2.35. The average molecular weight is 254 g/mol. The first-order valence-electron chi connectivity index (χ1n) is 6.16. The molecule has 3 rings (SSSR count). The minimum Gasteiger partial charge on any atom is -0.496 e. The number of pyridine rings is 1. The third kappa shape index (κ3) is 2.05. The van der Waals surface area contributed by atoms with Crippen molar-refractivity contribution in [3.05, 3.63) is 53.7 Å². The van der Waals surface area contributed by atoms with E-state index in [0.29, 0.717) is 18.8 Å². The van der Waals surface area contributed by atoms with Crippen LogP contribution in [0.4, 0.5) is 5.82 Å². The summed E-state index contributed by atoms with van der Waals surface area (Å²) in [7, 11) is 1.61. The number of ether oxygens (including phenoxy) is 1. The van der Waals surface area contributed by atoms with E-state index in [1.165, 1.54) is 0 Å². The molecular weight excluding hydrogens is 240 g/mol. The molecular formula is C15H14N2O2. The molecule has 2 heterocycles. The van der Waals surface area contributed by atoms with Crippen molar-refractivity contribution in [3.63, 3.8) is 0 Å². The molecule has 0 radical (unpaired) electrons. The Morgan fingerprint density at radius 2 is 2.05 bits per heavy atom. The van der Waals surface area contributed by atoms with Gasteiger partial charge in [-0.3, -0.25) is 9.69 Å². The van der Waals surface area contributed by atoms with Gasteiger partial charge in [-0.2, -0.15) is 0 Å². The van der Waals surface area contributed by atoms with Crippen molar-refractivity contribution in [2.75, 3.05) is 12.0 Å². The number of aromatic nitrogens is 1. The molecule has 0 spiro atoms. The maximum Gasteiger partial charge on any atom is 0.233 e. The standard InChI is InChI=1S/C15H14N2O2/c1-19-13-7-8-16-15-12(13)9-14(18)17(15)10-11-5-3-2-4-6-11/h2-8H,9-10H2,1H3. The number of carbonyl (C=O) groups is 1. The highest BCUT2D eigenvalue weighted by Gasteiger charge is 2.31. The monoisotopic (exact) mass is 254 g/mol. The van der Waals surface area contributed by atoms with Gasteiger partial charge in [0, 0.05) is 11.8 Å². The van der Waals surface area contributed by atoms with E-state index >= 15 is 0 Å². The van der Waals surface area contributed by atoms with Crippen LogP contribution in [0.1, 0.15) is 11.1 Å². The van der Waals surface area contributed by atoms with Crippen LogP contribution in [0.2, 0.25) is 0 Å². The fourth-order valence-electron chi connectivity index (χ4n) is 2.35. The summed E-state index contributed by atoms with van der Waals surface area (Å²) in [5.41, 5.74) is 1.97. The number of amides is 1. The van der Waals surface area contributed by atoms with Gasteiger partial charge in [0.2, 0.25) is 5.91 Å². The lowest BCUT2D eigenvalue weighted by molar-refractivity contribution is -0.117. The molecule has 4 heteroatoms. The zero-order chi connectivity index (χ0) is 13.2. The van der Waals surface area contributed by atoms with Gasteiger partial charge in [0.25, 0.3) is 0 Å². The number of benzene rings is 1. The summed E-state index contributed by atoms with van der Waals surface area (Å²) < 4.78 is 5.29. The lowest BCUT2D eigenvalue weighted by Crippen LogP contribution is -2.26. The number of hydrogen-bond acceptors (Lipinski definition) is 3. The second-order valence-electron chi connectivity index (χ2n) is 4.46. The molecule has 0 bridgehead atoms. The normalized spacial score (nSPS) is 13.5. The van der Waals surface area contributed by atoms with Gasteiger partial charge in [-0.1, -0.05) is 30.3 Å². The van der Waals surface area contributed by atoms with Crippen molar-refractivity contribution in [3.8, 4) is 5.75 Å². The summed E-state index contributed by atoms with van der Waals surface area (Å²) in [5, 5.41) is 0. The Balaban J connectivity index is 1.95. The van der Waals surface area contributed by atoms with Crippen LogP contribution in [-0.4, -0.2) is 18.0 Å². The van der Waals surface area contributed by atoms with Gasteiger partial charge in [0.05, 0.1) is 20.1 Å². The van der Waals surface area contributed by atoms with Crippen molar-refractivity contribution >= 4 is 11.7 Å². The molecule has 1 aliphatic rings. The summed E-state index contributed by atoms with van der Waals surface area (Å²) in [6.07, 6.45) is 2.04. The van der Waals surface area contributed by atoms with Crippen molar-refractivity contribution in [1.29, 1.82) is 0 Å². The van der Waals surface area contributed by atoms with Crippen LogP contribution in [0.3, 0.4) is 0 Å². The highest BCUT2D eigenvalue weighted by atomic mass is 16.5. The minimum atomic E-state index is 0.0656. The predicted molar refractivity (Wildman–Crippen MR) is 72.1 cm³/mol. The zero-order valence-electron chi connectivity index (χ0n) is 10.7. The molecule has 1 amide bonds. The van der Waals surface area contributed by atoms with Crippen LogP contribution in [0.15, 0.2) is 42.6 Å². The van der Waals surface area contributed by atoms with Gasteiger partial charge in [-0.25, -0.2) is 4.98 Å². The molecule has 1 aliphatic heterocycles. The number of hydrogen-bond donors (Lipinski definition) is 0. The Hall–Kier alpha value is -2.36. The maximum atomic E-state index is 12.1. The average Bonchev–Trinajstić information content (AvgIpc) is 2.76. The van der Waals surface area contributed by atoms with Crippen LogP contribution >= 0.6 is 0 Å². The van der Waals surface area contributed by atoms with E-state index in [9.17, 15) is 4.79 Å². The number of methoxy groups -OCH3 is 1. The zero-order valence-corrected chi connectivity index (χ0v) is 10.7. The summed E-state index contributed by atoms with van der Waals surface area (Å²) in [4.78, 5) is 18.2. The first-order valence-corrected chi connectivity index (χ1v) is 6.16. The maximum absolute atomic E-state index is 12.1. The number of carbonyl (C=O) groups excluding carboxylic acids is 1.